The molecule has 0 spiro atoms. The molecule has 5 aromatic carbocycles. The zero-order chi connectivity index (χ0) is 44.4. The summed E-state index contributed by atoms with van der Waals surface area (Å²) in [6.45, 7) is 0. The van der Waals surface area contributed by atoms with Gasteiger partial charge in [0, 0.05) is 55.9 Å². The number of quaternary nitrogens is 1. The lowest BCUT2D eigenvalue weighted by molar-refractivity contribution is -0.739. The van der Waals surface area contributed by atoms with Gasteiger partial charge in [0.2, 0.25) is 0 Å². The molecule has 0 amide bonds. The number of hydrogen-bond donors (Lipinski definition) is 4. The summed E-state index contributed by atoms with van der Waals surface area (Å²) in [7, 11) is 0. The molecule has 330 valence electrons. The van der Waals surface area contributed by atoms with E-state index < -0.39 is 0 Å². The van der Waals surface area contributed by atoms with Gasteiger partial charge in [0.15, 0.2) is 12.3 Å². The van der Waals surface area contributed by atoms with Gasteiger partial charge < -0.3 is 20.2 Å². The Hall–Kier alpha value is -6.80. The molecule has 6 aliphatic rings. The quantitative estimate of drug-likeness (QED) is 0.129. The molecular weight excluding hydrogens is 817 g/mol. The molecule has 0 radical (unpaired) electrons. The number of hydrogen-bond acceptors (Lipinski definition) is 3. The van der Waals surface area contributed by atoms with E-state index in [1.807, 2.05) is 0 Å². The Morgan fingerprint density at radius 1 is 0.642 bits per heavy atom. The molecule has 1 fully saturated rings. The minimum absolute atomic E-state index is 0.00308. The van der Waals surface area contributed by atoms with Gasteiger partial charge in [-0.15, -0.1) is 0 Å². The average Bonchev–Trinajstić information content (AvgIpc) is 3.92. The highest BCUT2D eigenvalue weighted by Crippen LogP contribution is 2.45. The number of para-hydroxylation sites is 1. The van der Waals surface area contributed by atoms with Crippen molar-refractivity contribution in [2.75, 3.05) is 0 Å². The Morgan fingerprint density at radius 3 is 2.33 bits per heavy atom. The topological polar surface area (TPSA) is 76.6 Å². The molecule has 3 heterocycles. The van der Waals surface area contributed by atoms with Gasteiger partial charge in [0.05, 0.1) is 34.1 Å². The molecule has 1 saturated heterocycles. The first-order valence-electron chi connectivity index (χ1n) is 24.6. The van der Waals surface area contributed by atoms with Crippen LogP contribution in [0.1, 0.15) is 73.5 Å². The third kappa shape index (κ3) is 7.01. The molecule has 5 atom stereocenters. The highest BCUT2D eigenvalue weighted by molar-refractivity contribution is 6.23. The molecule has 67 heavy (non-hydrogen) atoms. The van der Waals surface area contributed by atoms with Crippen molar-refractivity contribution in [1.82, 2.24) is 19.8 Å². The Bertz CT molecular complexity index is 3420. The largest absolute Gasteiger partial charge is 0.324 e. The maximum Gasteiger partial charge on any atom is 0.170 e. The molecule has 2 aromatic heterocycles. The van der Waals surface area contributed by atoms with Gasteiger partial charge in [-0.3, -0.25) is 0 Å². The number of nitrogens with zero attached hydrogens (tertiary/aromatic N) is 2. The van der Waals surface area contributed by atoms with Crippen LogP contribution in [0.2, 0.25) is 0 Å². The highest BCUT2D eigenvalue weighted by Gasteiger charge is 2.39. The Morgan fingerprint density at radius 2 is 1.48 bits per heavy atom. The molecule has 0 saturated carbocycles. The van der Waals surface area contributed by atoms with Crippen LogP contribution in [-0.2, 0) is 6.42 Å². The van der Waals surface area contributed by atoms with E-state index in [0.717, 1.165) is 51.4 Å². The summed E-state index contributed by atoms with van der Waals surface area (Å²) < 4.78 is 5.16. The van der Waals surface area contributed by atoms with Crippen LogP contribution in [0, 0.1) is 5.92 Å². The minimum Gasteiger partial charge on any atom is -0.324 e. The van der Waals surface area contributed by atoms with Crippen molar-refractivity contribution in [2.24, 2.45) is 11.7 Å². The molecule has 6 nitrogen and oxygen atoms in total. The van der Waals surface area contributed by atoms with E-state index in [4.69, 9.17) is 5.73 Å². The maximum absolute atomic E-state index is 7.03. The van der Waals surface area contributed by atoms with Crippen LogP contribution < -0.4 is 21.7 Å². The monoisotopic (exact) mass is 873 g/mol. The highest BCUT2D eigenvalue weighted by atomic mass is 15.4. The van der Waals surface area contributed by atoms with E-state index in [2.05, 4.69) is 207 Å². The lowest BCUT2D eigenvalue weighted by Crippen LogP contribution is -3.01. The molecule has 0 bridgehead atoms. The fraction of sp³-hybridized carbons (Fsp3) is 0.213. The Balaban J connectivity index is 0.956. The van der Waals surface area contributed by atoms with Crippen LogP contribution in [0.3, 0.4) is 0 Å². The summed E-state index contributed by atoms with van der Waals surface area (Å²) in [5.41, 5.74) is 23.8. The summed E-state index contributed by atoms with van der Waals surface area (Å²) in [4.78, 5) is 0. The number of allylic oxidation sites excluding steroid dienone is 11. The first kappa shape index (κ1) is 40.5. The van der Waals surface area contributed by atoms with Crippen LogP contribution in [-0.4, -0.2) is 27.5 Å². The Kier molecular flexibility index (Phi) is 10.2. The van der Waals surface area contributed by atoms with E-state index in [1.54, 1.807) is 0 Å². The predicted molar refractivity (Wildman–Crippen MR) is 279 cm³/mol. The third-order valence-corrected chi connectivity index (χ3v) is 15.3. The average molecular weight is 874 g/mol. The van der Waals surface area contributed by atoms with Gasteiger partial charge in [-0.25, -0.2) is 10.6 Å². The molecular formula is C61H57N6+. The van der Waals surface area contributed by atoms with Crippen molar-refractivity contribution in [3.8, 4) is 5.69 Å². The van der Waals surface area contributed by atoms with E-state index in [9.17, 15) is 0 Å². The fourth-order valence-corrected chi connectivity index (χ4v) is 12.0. The van der Waals surface area contributed by atoms with Crippen molar-refractivity contribution in [3.63, 3.8) is 0 Å². The van der Waals surface area contributed by atoms with E-state index in [-0.39, 0.29) is 24.5 Å². The van der Waals surface area contributed by atoms with Crippen LogP contribution in [0.5, 0.6) is 0 Å². The second-order valence-corrected chi connectivity index (χ2v) is 19.2. The second-order valence-electron chi connectivity index (χ2n) is 19.2. The van der Waals surface area contributed by atoms with Gasteiger partial charge in [-0.1, -0.05) is 169 Å². The first-order valence-corrected chi connectivity index (χ1v) is 24.6. The molecule has 1 aliphatic heterocycles. The summed E-state index contributed by atoms with van der Waals surface area (Å²) in [5, 5.41) is 17.1. The zero-order valence-electron chi connectivity index (χ0n) is 37.9. The van der Waals surface area contributed by atoms with Crippen molar-refractivity contribution in [1.29, 1.82) is 0 Å². The van der Waals surface area contributed by atoms with Gasteiger partial charge in [0.1, 0.15) is 0 Å². The van der Waals surface area contributed by atoms with Gasteiger partial charge >= 0.3 is 0 Å². The first-order chi connectivity index (χ1) is 33.1. The third-order valence-electron chi connectivity index (χ3n) is 15.3. The van der Waals surface area contributed by atoms with Gasteiger partial charge in [-0.05, 0) is 91.7 Å². The van der Waals surface area contributed by atoms with E-state index >= 15 is 0 Å². The molecule has 5 unspecified atom stereocenters. The van der Waals surface area contributed by atoms with Crippen molar-refractivity contribution >= 4 is 60.8 Å². The minimum atomic E-state index is -0.0879. The zero-order valence-corrected chi connectivity index (χ0v) is 37.9. The van der Waals surface area contributed by atoms with E-state index in [1.165, 1.54) is 99.5 Å². The maximum atomic E-state index is 7.03. The normalized spacial score (nSPS) is 23.9. The van der Waals surface area contributed by atoms with Crippen LogP contribution in [0.15, 0.2) is 193 Å². The van der Waals surface area contributed by atoms with Gasteiger partial charge in [-0.2, -0.15) is 0 Å². The lowest BCUT2D eigenvalue weighted by atomic mass is 9.85. The number of nitrogens with one attached hydrogen (secondary N) is 2. The van der Waals surface area contributed by atoms with Crippen molar-refractivity contribution in [2.45, 2.75) is 75.9 Å². The van der Waals surface area contributed by atoms with Crippen LogP contribution >= 0.6 is 0 Å². The van der Waals surface area contributed by atoms with Crippen molar-refractivity contribution in [3.05, 3.63) is 215 Å². The standard InChI is InChI=1S/C61H56N6/c62-46-34-36-55(67-53-23-11-9-21-48(53)49-35-37-56-57(58(49)67)50-22-10-12-24-54(50)66(56)52-25-13-19-43-18-7-8-20-47(43)52)51(38-46)61-64-59(44-30-26-41(27-31-44)39-14-3-1-4-15-39)63-60(65-61)45-32-28-42(29-33-45)40-16-5-2-6-17-40/h1,3,5,7-10,12-14,16-22,24-26,28-33,35-38,41,46,59-61,63-65H,2,4,6,11,15,23,27,34,62H2/p+1. The molecule has 13 rings (SSSR count). The molecule has 6 N–H and O–H groups in total. The number of rotatable bonds is 7. The number of aromatic nitrogens is 2. The second kappa shape index (κ2) is 16.8. The predicted octanol–water partition coefficient (Wildman–Crippen LogP) is 12.0. The molecule has 7 aromatic rings. The van der Waals surface area contributed by atoms with Crippen LogP contribution in [0.4, 0.5) is 0 Å². The summed E-state index contributed by atoms with van der Waals surface area (Å²) >= 11 is 0. The summed E-state index contributed by atoms with van der Waals surface area (Å²) in [6, 6.07) is 38.4. The number of fused-ring (bicyclic) bond motifs is 8. The van der Waals surface area contributed by atoms with Gasteiger partial charge in [0.25, 0.3) is 0 Å². The molecule has 6 heteroatoms. The number of benzene rings is 5. The smallest absolute Gasteiger partial charge is 0.170 e. The molecule has 5 aliphatic carbocycles. The Labute approximate surface area is 392 Å². The summed E-state index contributed by atoms with van der Waals surface area (Å²) in [5.74, 6) is 0.449. The number of nitrogens with two attached hydrogens (primary N) is 2. The lowest BCUT2D eigenvalue weighted by Gasteiger charge is -2.39. The van der Waals surface area contributed by atoms with E-state index in [0.29, 0.717) is 5.92 Å². The van der Waals surface area contributed by atoms with Crippen LogP contribution in [0.25, 0.3) is 66.5 Å². The fourth-order valence-electron chi connectivity index (χ4n) is 12.0. The SMILES string of the molecule is NC1C=C(C2NC(C3=CCC(C4=CC=CCC4)C=C3)NC(c3ccc(C4=CCCC=C4)cc3)[NH2+]2)C(n2c3c(c4ccc5c(c6ccccc6n5-c5cccc6ccccc56)c42)C=CCC3)=CC1. The summed E-state index contributed by atoms with van der Waals surface area (Å²) in [6.07, 6.45) is 38.7. The van der Waals surface area contributed by atoms with Crippen molar-refractivity contribution < 1.29 is 5.32 Å².